The van der Waals surface area contributed by atoms with E-state index >= 15 is 0 Å². The predicted molar refractivity (Wildman–Crippen MR) is 102 cm³/mol. The Balaban J connectivity index is 1.70. The molecule has 0 unspecified atom stereocenters. The Bertz CT molecular complexity index is 759. The van der Waals surface area contributed by atoms with Crippen LogP contribution in [0.15, 0.2) is 41.8 Å². The van der Waals surface area contributed by atoms with Crippen LogP contribution >= 0.6 is 11.3 Å². The zero-order valence-electron chi connectivity index (χ0n) is 15.2. The first-order valence-corrected chi connectivity index (χ1v) is 9.42. The Morgan fingerprint density at radius 1 is 1.04 bits per heavy atom. The molecule has 1 atom stereocenters. The minimum absolute atomic E-state index is 0.00879. The molecule has 0 radical (unpaired) electrons. The lowest BCUT2D eigenvalue weighted by Gasteiger charge is -2.15. The van der Waals surface area contributed by atoms with Gasteiger partial charge in [-0.1, -0.05) is 6.07 Å². The van der Waals surface area contributed by atoms with Gasteiger partial charge in [0.05, 0.1) is 11.5 Å². The SMILES string of the molecule is CCOc1ccc(O[C@H](C)C(=O)NNC(=O)CCC(=O)c2cccs2)cc1. The first kappa shape index (κ1) is 20.4. The Labute approximate surface area is 161 Å². The van der Waals surface area contributed by atoms with Crippen LogP contribution in [0.5, 0.6) is 11.5 Å². The minimum Gasteiger partial charge on any atom is -0.494 e. The molecule has 1 aromatic heterocycles. The van der Waals surface area contributed by atoms with Gasteiger partial charge in [-0.15, -0.1) is 11.3 Å². The zero-order valence-corrected chi connectivity index (χ0v) is 16.0. The third-order valence-corrected chi connectivity index (χ3v) is 4.43. The molecule has 1 heterocycles. The lowest BCUT2D eigenvalue weighted by atomic mass is 10.2. The van der Waals surface area contributed by atoms with Crippen molar-refractivity contribution in [3.8, 4) is 11.5 Å². The van der Waals surface area contributed by atoms with E-state index in [1.54, 1.807) is 48.7 Å². The number of benzene rings is 1. The average Bonchev–Trinajstić information content (AvgIpc) is 3.20. The topological polar surface area (TPSA) is 93.7 Å². The van der Waals surface area contributed by atoms with Gasteiger partial charge in [-0.2, -0.15) is 0 Å². The maximum absolute atomic E-state index is 12.0. The first-order valence-electron chi connectivity index (χ1n) is 8.54. The van der Waals surface area contributed by atoms with E-state index in [0.29, 0.717) is 23.0 Å². The van der Waals surface area contributed by atoms with Crippen LogP contribution < -0.4 is 20.3 Å². The van der Waals surface area contributed by atoms with Crippen molar-refractivity contribution in [1.82, 2.24) is 10.9 Å². The lowest BCUT2D eigenvalue weighted by Crippen LogP contribution is -2.47. The Morgan fingerprint density at radius 2 is 1.74 bits per heavy atom. The van der Waals surface area contributed by atoms with Crippen molar-refractivity contribution in [2.45, 2.75) is 32.8 Å². The van der Waals surface area contributed by atoms with Gasteiger partial charge < -0.3 is 9.47 Å². The molecular formula is C19H22N2O5S. The van der Waals surface area contributed by atoms with Crippen molar-refractivity contribution in [1.29, 1.82) is 0 Å². The van der Waals surface area contributed by atoms with Crippen LogP contribution in [0.2, 0.25) is 0 Å². The summed E-state index contributed by atoms with van der Waals surface area (Å²) in [7, 11) is 0. The lowest BCUT2D eigenvalue weighted by molar-refractivity contribution is -0.132. The monoisotopic (exact) mass is 390 g/mol. The van der Waals surface area contributed by atoms with Gasteiger partial charge in [0.25, 0.3) is 5.91 Å². The molecule has 2 amide bonds. The van der Waals surface area contributed by atoms with Crippen molar-refractivity contribution >= 4 is 28.9 Å². The van der Waals surface area contributed by atoms with Crippen molar-refractivity contribution in [2.75, 3.05) is 6.61 Å². The molecule has 0 spiro atoms. The predicted octanol–water partition coefficient (Wildman–Crippen LogP) is 2.72. The summed E-state index contributed by atoms with van der Waals surface area (Å²) < 4.78 is 10.9. The summed E-state index contributed by atoms with van der Waals surface area (Å²) in [4.78, 5) is 36.2. The highest BCUT2D eigenvalue weighted by molar-refractivity contribution is 7.12. The van der Waals surface area contributed by atoms with Crippen LogP contribution in [-0.4, -0.2) is 30.3 Å². The van der Waals surface area contributed by atoms with E-state index in [-0.39, 0.29) is 18.6 Å². The molecule has 8 heteroatoms. The summed E-state index contributed by atoms with van der Waals surface area (Å²) in [6, 6.07) is 10.4. The molecule has 0 aliphatic carbocycles. The van der Waals surface area contributed by atoms with Gasteiger partial charge in [0.1, 0.15) is 11.5 Å². The number of nitrogens with one attached hydrogen (secondary N) is 2. The Morgan fingerprint density at radius 3 is 2.37 bits per heavy atom. The van der Waals surface area contributed by atoms with Gasteiger partial charge in [0, 0.05) is 12.8 Å². The van der Waals surface area contributed by atoms with Gasteiger partial charge in [0.2, 0.25) is 5.91 Å². The molecule has 0 saturated carbocycles. The van der Waals surface area contributed by atoms with Gasteiger partial charge in [-0.3, -0.25) is 25.2 Å². The largest absolute Gasteiger partial charge is 0.494 e. The Kier molecular flexibility index (Phi) is 7.81. The van der Waals surface area contributed by atoms with Gasteiger partial charge in [0.15, 0.2) is 11.9 Å². The maximum atomic E-state index is 12.0. The first-order chi connectivity index (χ1) is 13.0. The molecule has 0 fully saturated rings. The highest BCUT2D eigenvalue weighted by Gasteiger charge is 2.16. The molecule has 1 aromatic carbocycles. The second-order valence-corrected chi connectivity index (χ2v) is 6.55. The number of carbonyl (C=O) groups is 3. The van der Waals surface area contributed by atoms with E-state index < -0.39 is 17.9 Å². The highest BCUT2D eigenvalue weighted by atomic mass is 32.1. The van der Waals surface area contributed by atoms with E-state index in [0.717, 1.165) is 0 Å². The minimum atomic E-state index is -0.809. The van der Waals surface area contributed by atoms with Crippen molar-refractivity contribution < 1.29 is 23.9 Å². The molecule has 144 valence electrons. The van der Waals surface area contributed by atoms with Crippen LogP contribution in [-0.2, 0) is 9.59 Å². The summed E-state index contributed by atoms with van der Waals surface area (Å²) in [6.07, 6.45) is -0.734. The number of amides is 2. The summed E-state index contributed by atoms with van der Waals surface area (Å²) in [5.74, 6) is 0.183. The second kappa shape index (κ2) is 10.3. The van der Waals surface area contributed by atoms with Crippen molar-refractivity contribution in [2.24, 2.45) is 0 Å². The molecule has 0 aliphatic rings. The summed E-state index contributed by atoms with van der Waals surface area (Å²) in [5.41, 5.74) is 4.58. The number of Topliss-reactive ketones (excluding diaryl/α,β-unsaturated/α-hetero) is 1. The van der Waals surface area contributed by atoms with Gasteiger partial charge in [-0.05, 0) is 49.6 Å². The number of hydrogen-bond donors (Lipinski definition) is 2. The molecule has 27 heavy (non-hydrogen) atoms. The highest BCUT2D eigenvalue weighted by Crippen LogP contribution is 2.18. The average molecular weight is 390 g/mol. The van der Waals surface area contributed by atoms with Gasteiger partial charge in [-0.25, -0.2) is 0 Å². The molecular weight excluding hydrogens is 368 g/mol. The molecule has 2 aromatic rings. The molecule has 0 saturated heterocycles. The summed E-state index contributed by atoms with van der Waals surface area (Å²) in [5, 5.41) is 1.80. The molecule has 7 nitrogen and oxygen atoms in total. The number of carbonyl (C=O) groups excluding carboxylic acids is 3. The van der Waals surface area contributed by atoms with Crippen molar-refractivity contribution in [3.05, 3.63) is 46.7 Å². The number of hydrogen-bond acceptors (Lipinski definition) is 6. The fourth-order valence-corrected chi connectivity index (χ4v) is 2.82. The summed E-state index contributed by atoms with van der Waals surface area (Å²) >= 11 is 1.33. The van der Waals surface area contributed by atoms with E-state index in [1.807, 2.05) is 6.92 Å². The molecule has 0 aliphatic heterocycles. The molecule has 0 bridgehead atoms. The quantitative estimate of drug-likeness (QED) is 0.507. The van der Waals surface area contributed by atoms with E-state index in [4.69, 9.17) is 9.47 Å². The van der Waals surface area contributed by atoms with Crippen molar-refractivity contribution in [3.63, 3.8) is 0 Å². The smallest absolute Gasteiger partial charge is 0.279 e. The second-order valence-electron chi connectivity index (χ2n) is 5.60. The number of ketones is 1. The zero-order chi connectivity index (χ0) is 19.6. The number of ether oxygens (including phenoxy) is 2. The standard InChI is InChI=1S/C19H22N2O5S/c1-3-25-14-6-8-15(9-7-14)26-13(2)19(24)21-20-18(23)11-10-16(22)17-5-4-12-27-17/h4-9,12-13H,3,10-11H2,1-2H3,(H,20,23)(H,21,24)/t13-/m1/s1. The molecule has 2 N–H and O–H groups in total. The van der Waals surface area contributed by atoms with Crippen LogP contribution in [0.3, 0.4) is 0 Å². The number of hydrazine groups is 1. The summed E-state index contributed by atoms with van der Waals surface area (Å²) in [6.45, 7) is 4.03. The molecule has 2 rings (SSSR count). The third-order valence-electron chi connectivity index (χ3n) is 3.52. The van der Waals surface area contributed by atoms with Crippen LogP contribution in [0.4, 0.5) is 0 Å². The number of thiophene rings is 1. The fraction of sp³-hybridized carbons (Fsp3) is 0.316. The maximum Gasteiger partial charge on any atom is 0.279 e. The number of rotatable bonds is 9. The normalized spacial score (nSPS) is 11.3. The van der Waals surface area contributed by atoms with E-state index in [2.05, 4.69) is 10.9 Å². The Hall–Kier alpha value is -2.87. The fourth-order valence-electron chi connectivity index (χ4n) is 2.12. The van der Waals surface area contributed by atoms with E-state index in [9.17, 15) is 14.4 Å². The van der Waals surface area contributed by atoms with Crippen LogP contribution in [0.1, 0.15) is 36.4 Å². The van der Waals surface area contributed by atoms with Gasteiger partial charge >= 0.3 is 0 Å². The van der Waals surface area contributed by atoms with Crippen LogP contribution in [0, 0.1) is 0 Å². The third kappa shape index (κ3) is 6.74. The van der Waals surface area contributed by atoms with Crippen LogP contribution in [0.25, 0.3) is 0 Å². The van der Waals surface area contributed by atoms with E-state index in [1.165, 1.54) is 11.3 Å².